The quantitative estimate of drug-likeness (QED) is 0.457. The third-order valence-corrected chi connectivity index (χ3v) is 4.17. The monoisotopic (exact) mass is 405 g/mol. The van der Waals surface area contributed by atoms with E-state index in [0.29, 0.717) is 28.8 Å². The lowest BCUT2D eigenvalue weighted by molar-refractivity contribution is 0.281. The highest BCUT2D eigenvalue weighted by atomic mass is 35.5. The number of phenols is 1. The zero-order chi connectivity index (χ0) is 19.4. The predicted octanol–water partition coefficient (Wildman–Crippen LogP) is 4.09. The third-order valence-electron chi connectivity index (χ3n) is 3.59. The van der Waals surface area contributed by atoms with Crippen LogP contribution in [0.1, 0.15) is 6.92 Å². The number of aliphatic hydroxyl groups excluding tert-OH is 1. The van der Waals surface area contributed by atoms with Gasteiger partial charge in [0.2, 0.25) is 5.95 Å². The van der Waals surface area contributed by atoms with E-state index in [1.54, 1.807) is 12.3 Å². The second-order valence-electron chi connectivity index (χ2n) is 5.82. The summed E-state index contributed by atoms with van der Waals surface area (Å²) in [5.74, 6) is 0.620. The molecule has 1 aromatic carbocycles. The van der Waals surface area contributed by atoms with E-state index >= 15 is 0 Å². The molecule has 1 atom stereocenters. The summed E-state index contributed by atoms with van der Waals surface area (Å²) in [4.78, 5) is 13.2. The van der Waals surface area contributed by atoms with Crippen molar-refractivity contribution in [2.24, 2.45) is 0 Å². The summed E-state index contributed by atoms with van der Waals surface area (Å²) in [5, 5.41) is 25.3. The first kappa shape index (κ1) is 19.2. The summed E-state index contributed by atoms with van der Waals surface area (Å²) >= 11 is 11.9. The van der Waals surface area contributed by atoms with Gasteiger partial charge in [-0.3, -0.25) is 4.98 Å². The second kappa shape index (κ2) is 8.39. The van der Waals surface area contributed by atoms with E-state index in [1.807, 2.05) is 25.1 Å². The number of nitrogens with zero attached hydrogens (tertiary/aromatic N) is 3. The molecule has 0 bridgehead atoms. The Morgan fingerprint density at radius 1 is 1.07 bits per heavy atom. The number of pyridine rings is 1. The lowest BCUT2D eigenvalue weighted by Crippen LogP contribution is -2.21. The molecule has 0 radical (unpaired) electrons. The minimum absolute atomic E-state index is 0.0664. The molecule has 0 fully saturated rings. The van der Waals surface area contributed by atoms with Crippen molar-refractivity contribution in [2.75, 3.05) is 17.2 Å². The Labute approximate surface area is 166 Å². The number of hydrogen-bond acceptors (Lipinski definition) is 7. The van der Waals surface area contributed by atoms with Gasteiger partial charge >= 0.3 is 0 Å². The van der Waals surface area contributed by atoms with Gasteiger partial charge in [0.1, 0.15) is 5.82 Å². The van der Waals surface area contributed by atoms with Gasteiger partial charge in [-0.25, -0.2) is 4.98 Å². The van der Waals surface area contributed by atoms with Crippen molar-refractivity contribution >= 4 is 40.7 Å². The normalized spacial score (nSPS) is 11.9. The van der Waals surface area contributed by atoms with Crippen LogP contribution in [-0.4, -0.2) is 37.8 Å². The molecule has 0 amide bonds. The van der Waals surface area contributed by atoms with Crippen LogP contribution in [0.5, 0.6) is 5.75 Å². The molecular formula is C18H17Cl2N5O2. The van der Waals surface area contributed by atoms with Crippen molar-refractivity contribution in [2.45, 2.75) is 13.0 Å². The number of hydrogen-bond donors (Lipinski definition) is 4. The molecule has 3 rings (SSSR count). The summed E-state index contributed by atoms with van der Waals surface area (Å²) in [7, 11) is 0. The molecule has 2 heterocycles. The second-order valence-corrected chi connectivity index (χ2v) is 6.63. The minimum Gasteiger partial charge on any atom is -0.505 e. The fraction of sp³-hybridized carbons (Fsp3) is 0.167. The van der Waals surface area contributed by atoms with Crippen molar-refractivity contribution in [1.29, 1.82) is 0 Å². The highest BCUT2D eigenvalue weighted by Crippen LogP contribution is 2.35. The van der Waals surface area contributed by atoms with Gasteiger partial charge < -0.3 is 20.8 Å². The molecule has 0 aliphatic heterocycles. The van der Waals surface area contributed by atoms with Crippen LogP contribution in [0.25, 0.3) is 11.4 Å². The Balaban J connectivity index is 1.99. The fourth-order valence-corrected chi connectivity index (χ4v) is 2.76. The van der Waals surface area contributed by atoms with E-state index < -0.39 is 0 Å². The molecule has 140 valence electrons. The number of halogens is 2. The van der Waals surface area contributed by atoms with Gasteiger partial charge in [0.05, 0.1) is 28.0 Å². The first-order valence-corrected chi connectivity index (χ1v) is 8.84. The van der Waals surface area contributed by atoms with Crippen LogP contribution in [0.3, 0.4) is 0 Å². The molecule has 0 aliphatic rings. The first-order chi connectivity index (χ1) is 13.0. The maximum absolute atomic E-state index is 9.70. The van der Waals surface area contributed by atoms with Crippen LogP contribution < -0.4 is 10.6 Å². The van der Waals surface area contributed by atoms with Crippen LogP contribution in [0, 0.1) is 0 Å². The molecule has 0 saturated heterocycles. The topological polar surface area (TPSA) is 103 Å². The maximum Gasteiger partial charge on any atom is 0.225 e. The smallest absolute Gasteiger partial charge is 0.225 e. The number of anilines is 3. The molecule has 2 aromatic heterocycles. The Hall–Kier alpha value is -2.61. The van der Waals surface area contributed by atoms with E-state index in [4.69, 9.17) is 23.2 Å². The van der Waals surface area contributed by atoms with Crippen LogP contribution in [0.4, 0.5) is 17.5 Å². The largest absolute Gasteiger partial charge is 0.505 e. The van der Waals surface area contributed by atoms with Crippen molar-refractivity contribution in [3.05, 3.63) is 52.6 Å². The average Bonchev–Trinajstić information content (AvgIpc) is 2.66. The van der Waals surface area contributed by atoms with Gasteiger partial charge in [-0.1, -0.05) is 29.3 Å². The highest BCUT2D eigenvalue weighted by Gasteiger charge is 2.12. The molecule has 3 aromatic rings. The average molecular weight is 406 g/mol. The fourth-order valence-electron chi connectivity index (χ4n) is 2.27. The molecule has 0 unspecified atom stereocenters. The highest BCUT2D eigenvalue weighted by molar-refractivity contribution is 6.37. The molecule has 0 aliphatic carbocycles. The van der Waals surface area contributed by atoms with Gasteiger partial charge in [-0.2, -0.15) is 4.98 Å². The lowest BCUT2D eigenvalue weighted by atomic mass is 10.2. The van der Waals surface area contributed by atoms with Gasteiger partial charge in [-0.15, -0.1) is 0 Å². The first-order valence-electron chi connectivity index (χ1n) is 8.09. The summed E-state index contributed by atoms with van der Waals surface area (Å²) in [6, 6.07) is 10.1. The SMILES string of the molecule is C[C@@H](CO)Nc1nc(Nc2cc(Cl)c(O)c(Cl)c2)cc(-c2ccccn2)n1. The van der Waals surface area contributed by atoms with Crippen molar-refractivity contribution in [1.82, 2.24) is 15.0 Å². The standard InChI is InChI=1S/C18H17Cl2N5O2/c1-10(9-26)22-18-24-15(14-4-2-3-5-21-14)8-16(25-18)23-11-6-12(19)17(27)13(20)7-11/h2-8,10,26-27H,9H2,1H3,(H2,22,23,24,25)/t10-/m0/s1. The van der Waals surface area contributed by atoms with Gasteiger partial charge in [0, 0.05) is 24.0 Å². The zero-order valence-corrected chi connectivity index (χ0v) is 15.8. The lowest BCUT2D eigenvalue weighted by Gasteiger charge is -2.14. The Bertz CT molecular complexity index is 917. The number of rotatable bonds is 6. The van der Waals surface area contributed by atoms with Crippen LogP contribution in [-0.2, 0) is 0 Å². The van der Waals surface area contributed by atoms with Crippen LogP contribution in [0.2, 0.25) is 10.0 Å². The number of nitrogens with one attached hydrogen (secondary N) is 2. The Morgan fingerprint density at radius 3 is 2.44 bits per heavy atom. The zero-order valence-electron chi connectivity index (χ0n) is 14.3. The molecule has 4 N–H and O–H groups in total. The summed E-state index contributed by atoms with van der Waals surface area (Å²) in [5.41, 5.74) is 1.82. The van der Waals surface area contributed by atoms with Gasteiger partial charge in [-0.05, 0) is 31.2 Å². The number of phenolic OH excluding ortho intramolecular Hbond substituents is 1. The van der Waals surface area contributed by atoms with Gasteiger partial charge in [0.25, 0.3) is 0 Å². The molecular weight excluding hydrogens is 389 g/mol. The Kier molecular flexibility index (Phi) is 5.95. The van der Waals surface area contributed by atoms with E-state index in [1.165, 1.54) is 12.1 Å². The van der Waals surface area contributed by atoms with E-state index in [9.17, 15) is 10.2 Å². The van der Waals surface area contributed by atoms with E-state index in [2.05, 4.69) is 25.6 Å². The van der Waals surface area contributed by atoms with Crippen molar-refractivity contribution in [3.8, 4) is 17.1 Å². The van der Waals surface area contributed by atoms with Crippen molar-refractivity contribution in [3.63, 3.8) is 0 Å². The molecule has 9 heteroatoms. The number of aliphatic hydroxyl groups is 1. The number of aromatic nitrogens is 3. The number of benzene rings is 1. The van der Waals surface area contributed by atoms with E-state index in [-0.39, 0.29) is 28.4 Å². The van der Waals surface area contributed by atoms with Crippen LogP contribution in [0.15, 0.2) is 42.6 Å². The minimum atomic E-state index is -0.227. The molecule has 0 saturated carbocycles. The maximum atomic E-state index is 9.70. The Morgan fingerprint density at radius 2 is 1.81 bits per heavy atom. The summed E-state index contributed by atoms with van der Waals surface area (Å²) in [6.07, 6.45) is 1.67. The van der Waals surface area contributed by atoms with Gasteiger partial charge in [0.15, 0.2) is 5.75 Å². The third kappa shape index (κ3) is 4.77. The van der Waals surface area contributed by atoms with Crippen molar-refractivity contribution < 1.29 is 10.2 Å². The predicted molar refractivity (Wildman–Crippen MR) is 107 cm³/mol. The molecule has 27 heavy (non-hydrogen) atoms. The molecule has 0 spiro atoms. The number of aromatic hydroxyl groups is 1. The van der Waals surface area contributed by atoms with E-state index in [0.717, 1.165) is 0 Å². The molecule has 7 nitrogen and oxygen atoms in total. The summed E-state index contributed by atoms with van der Waals surface area (Å²) in [6.45, 7) is 1.74. The van der Waals surface area contributed by atoms with Crippen LogP contribution >= 0.6 is 23.2 Å². The summed E-state index contributed by atoms with van der Waals surface area (Å²) < 4.78 is 0.